The number of carbonyl (C=O) groups excluding carboxylic acids is 3. The highest BCUT2D eigenvalue weighted by molar-refractivity contribution is 9.10. The van der Waals surface area contributed by atoms with Crippen LogP contribution in [0.5, 0.6) is 5.75 Å². The van der Waals surface area contributed by atoms with Gasteiger partial charge in [0.05, 0.1) is 18.1 Å². The third kappa shape index (κ3) is 4.22. The number of halogens is 1. The van der Waals surface area contributed by atoms with Crippen molar-refractivity contribution in [1.29, 1.82) is 0 Å². The largest absolute Gasteiger partial charge is 0.497 e. The molecule has 0 atom stereocenters. The second kappa shape index (κ2) is 8.72. The molecule has 11 heteroatoms. The quantitative estimate of drug-likeness (QED) is 0.594. The molecular weight excluding hydrogens is 472 g/mol. The summed E-state index contributed by atoms with van der Waals surface area (Å²) in [5.41, 5.74) is 2.77. The summed E-state index contributed by atoms with van der Waals surface area (Å²) in [5, 5.41) is 1.39. The van der Waals surface area contributed by atoms with Gasteiger partial charge in [-0.05, 0) is 52.2 Å². The molecular formula is C20H17BrN4O6. The number of aromatic nitrogens is 1. The molecule has 0 spiro atoms. The number of amides is 2. The van der Waals surface area contributed by atoms with Crippen LogP contribution in [0.2, 0.25) is 0 Å². The molecule has 2 aliphatic rings. The number of fused-ring (bicyclic) bond motifs is 1. The van der Waals surface area contributed by atoms with Gasteiger partial charge in [0.2, 0.25) is 0 Å². The first-order valence-electron chi connectivity index (χ1n) is 9.35. The zero-order chi connectivity index (χ0) is 22.0. The average molecular weight is 489 g/mol. The van der Waals surface area contributed by atoms with E-state index < -0.39 is 18.0 Å². The van der Waals surface area contributed by atoms with Crippen molar-refractivity contribution in [2.75, 3.05) is 25.3 Å². The van der Waals surface area contributed by atoms with Gasteiger partial charge in [-0.3, -0.25) is 4.99 Å². The second-order valence-corrected chi connectivity index (χ2v) is 7.45. The molecule has 0 N–H and O–H groups in total. The zero-order valence-corrected chi connectivity index (χ0v) is 18.0. The Morgan fingerprint density at radius 2 is 1.97 bits per heavy atom. The molecule has 10 nitrogen and oxygen atoms in total. The van der Waals surface area contributed by atoms with Crippen LogP contribution in [-0.4, -0.2) is 53.9 Å². The summed E-state index contributed by atoms with van der Waals surface area (Å²) in [4.78, 5) is 55.3. The molecule has 0 aliphatic carbocycles. The van der Waals surface area contributed by atoms with E-state index in [2.05, 4.69) is 25.9 Å². The molecule has 2 aliphatic heterocycles. The van der Waals surface area contributed by atoms with Crippen LogP contribution in [0.25, 0.3) is 0 Å². The summed E-state index contributed by atoms with van der Waals surface area (Å²) >= 11 is 3.25. The number of nitrogens with zero attached hydrogens (tertiary/aromatic N) is 4. The number of hydrogen-bond acceptors (Lipinski definition) is 8. The Morgan fingerprint density at radius 3 is 2.74 bits per heavy atom. The fourth-order valence-electron chi connectivity index (χ4n) is 3.23. The van der Waals surface area contributed by atoms with Crippen LogP contribution in [0.4, 0.5) is 10.6 Å². The lowest BCUT2D eigenvalue weighted by molar-refractivity contribution is -0.182. The van der Waals surface area contributed by atoms with Gasteiger partial charge in [0.25, 0.3) is 0 Å². The van der Waals surface area contributed by atoms with Crippen LogP contribution in [0, 0.1) is 0 Å². The molecule has 2 amide bonds. The van der Waals surface area contributed by atoms with Gasteiger partial charge in [0.15, 0.2) is 5.82 Å². The van der Waals surface area contributed by atoms with E-state index in [0.717, 1.165) is 28.3 Å². The number of urea groups is 1. The molecule has 160 valence electrons. The number of benzene rings is 1. The summed E-state index contributed by atoms with van der Waals surface area (Å²) in [6, 6.07) is 8.11. The average Bonchev–Trinajstić information content (AvgIpc) is 2.89. The van der Waals surface area contributed by atoms with Crippen molar-refractivity contribution >= 4 is 45.4 Å². The third-order valence-corrected chi connectivity index (χ3v) is 5.33. The highest BCUT2D eigenvalue weighted by Gasteiger charge is 2.39. The number of methoxy groups -OCH3 is 1. The lowest BCUT2D eigenvalue weighted by Gasteiger charge is -2.24. The minimum absolute atomic E-state index is 0.00855. The Hall–Kier alpha value is -3.47. The van der Waals surface area contributed by atoms with Crippen molar-refractivity contribution in [2.45, 2.75) is 12.8 Å². The van der Waals surface area contributed by atoms with Crippen LogP contribution in [0.3, 0.4) is 0 Å². The van der Waals surface area contributed by atoms with Crippen LogP contribution in [0.1, 0.15) is 17.5 Å². The van der Waals surface area contributed by atoms with E-state index in [1.807, 2.05) is 18.2 Å². The monoisotopic (exact) mass is 488 g/mol. The number of hydroxylamine groups is 3. The summed E-state index contributed by atoms with van der Waals surface area (Å²) in [7, 11) is 1.58. The standard InChI is InChI=1S/C20H17BrN4O6/c1-29-13-5-4-12-6-9-22-16(14(12)11-13)7-10-24-20(28)25(31-19(27)18(26)30-24)17-15(21)3-2-8-23-17/h2-5,8,11H,6-7,9-10H2,1H3. The highest BCUT2D eigenvalue weighted by atomic mass is 79.9. The molecule has 4 rings (SSSR count). The summed E-state index contributed by atoms with van der Waals surface area (Å²) < 4.78 is 5.69. The first-order valence-corrected chi connectivity index (χ1v) is 10.1. The molecule has 0 radical (unpaired) electrons. The summed E-state index contributed by atoms with van der Waals surface area (Å²) in [6.45, 7) is 0.564. The van der Waals surface area contributed by atoms with Crippen molar-refractivity contribution in [2.24, 2.45) is 4.99 Å². The Morgan fingerprint density at radius 1 is 1.16 bits per heavy atom. The first-order chi connectivity index (χ1) is 15.0. The molecule has 1 aromatic carbocycles. The number of carbonyl (C=O) groups is 3. The number of anilines is 1. The molecule has 3 heterocycles. The fourth-order valence-corrected chi connectivity index (χ4v) is 3.64. The van der Waals surface area contributed by atoms with Crippen LogP contribution in [0.15, 0.2) is 46.0 Å². The van der Waals surface area contributed by atoms with Crippen molar-refractivity contribution < 1.29 is 28.8 Å². The van der Waals surface area contributed by atoms with Gasteiger partial charge in [0, 0.05) is 30.4 Å². The van der Waals surface area contributed by atoms with Crippen LogP contribution >= 0.6 is 15.9 Å². The van der Waals surface area contributed by atoms with Crippen molar-refractivity contribution in [3.05, 3.63) is 52.1 Å². The normalized spacial score (nSPS) is 16.2. The van der Waals surface area contributed by atoms with E-state index in [9.17, 15) is 14.4 Å². The van der Waals surface area contributed by atoms with Gasteiger partial charge in [0.1, 0.15) is 5.75 Å². The van der Waals surface area contributed by atoms with Gasteiger partial charge < -0.3 is 14.4 Å². The maximum absolute atomic E-state index is 13.0. The van der Waals surface area contributed by atoms with Crippen LogP contribution in [-0.2, 0) is 25.7 Å². The number of hydrogen-bond donors (Lipinski definition) is 0. The summed E-state index contributed by atoms with van der Waals surface area (Å²) in [5.74, 6) is -1.95. The van der Waals surface area contributed by atoms with E-state index in [1.165, 1.54) is 6.20 Å². The van der Waals surface area contributed by atoms with Gasteiger partial charge in [-0.15, -0.1) is 5.06 Å². The molecule has 31 heavy (non-hydrogen) atoms. The van der Waals surface area contributed by atoms with E-state index in [1.54, 1.807) is 19.2 Å². The Kier molecular flexibility index (Phi) is 5.85. The van der Waals surface area contributed by atoms with Crippen molar-refractivity contribution in [3.63, 3.8) is 0 Å². The Bertz CT molecular complexity index is 1090. The van der Waals surface area contributed by atoms with E-state index in [-0.39, 0.29) is 18.8 Å². The predicted molar refractivity (Wildman–Crippen MR) is 111 cm³/mol. The molecule has 1 aromatic heterocycles. The SMILES string of the molecule is COc1ccc2c(c1)C(CCN1OC(=O)C(=O)ON(c3ncccc3Br)C1=O)=NCC2. The minimum atomic E-state index is -1.33. The van der Waals surface area contributed by atoms with Gasteiger partial charge in [-0.2, -0.15) is 0 Å². The third-order valence-electron chi connectivity index (χ3n) is 4.72. The molecule has 0 bridgehead atoms. The topological polar surface area (TPSA) is 111 Å². The summed E-state index contributed by atoms with van der Waals surface area (Å²) in [6.07, 6.45) is 2.50. The smallest absolute Gasteiger partial charge is 0.444 e. The van der Waals surface area contributed by atoms with Gasteiger partial charge in [-0.1, -0.05) is 11.1 Å². The Balaban J connectivity index is 1.57. The van der Waals surface area contributed by atoms with Crippen LogP contribution < -0.4 is 9.80 Å². The first kappa shape index (κ1) is 20.8. The van der Waals surface area contributed by atoms with Crippen molar-refractivity contribution in [1.82, 2.24) is 10.0 Å². The maximum atomic E-state index is 13.0. The molecule has 1 saturated heterocycles. The van der Waals surface area contributed by atoms with Gasteiger partial charge >= 0.3 is 18.0 Å². The number of rotatable bonds is 5. The zero-order valence-electron chi connectivity index (χ0n) is 16.4. The molecule has 0 saturated carbocycles. The number of ether oxygens (including phenoxy) is 1. The number of aliphatic imine (C=N–C) groups is 1. The lowest BCUT2D eigenvalue weighted by Crippen LogP contribution is -2.42. The number of pyridine rings is 1. The minimum Gasteiger partial charge on any atom is -0.497 e. The van der Waals surface area contributed by atoms with Crippen molar-refractivity contribution in [3.8, 4) is 5.75 Å². The maximum Gasteiger partial charge on any atom is 0.444 e. The van der Waals surface area contributed by atoms with Gasteiger partial charge in [-0.25, -0.2) is 19.4 Å². The van der Waals surface area contributed by atoms with E-state index in [0.29, 0.717) is 21.8 Å². The lowest BCUT2D eigenvalue weighted by atomic mass is 9.95. The van der Waals surface area contributed by atoms with E-state index >= 15 is 0 Å². The highest BCUT2D eigenvalue weighted by Crippen LogP contribution is 2.27. The fraction of sp³-hybridized carbons (Fsp3) is 0.250. The molecule has 1 fully saturated rings. The van der Waals surface area contributed by atoms with E-state index in [4.69, 9.17) is 14.4 Å². The molecule has 2 aromatic rings. The predicted octanol–water partition coefficient (Wildman–Crippen LogP) is 2.45. The second-order valence-electron chi connectivity index (χ2n) is 6.60. The Labute approximate surface area is 185 Å². The molecule has 0 unspecified atom stereocenters.